The van der Waals surface area contributed by atoms with Gasteiger partial charge in [0, 0.05) is 50.9 Å². The van der Waals surface area contributed by atoms with Gasteiger partial charge in [-0.25, -0.2) is 4.79 Å². The van der Waals surface area contributed by atoms with Gasteiger partial charge in [0.25, 0.3) is 5.91 Å². The zero-order valence-electron chi connectivity index (χ0n) is 21.8. The Labute approximate surface area is 219 Å². The van der Waals surface area contributed by atoms with Crippen molar-refractivity contribution < 1.29 is 37.1 Å². The number of likely N-dealkylation sites (tertiary alicyclic amines) is 1. The van der Waals surface area contributed by atoms with E-state index in [0.717, 1.165) is 18.2 Å². The number of nitrogens with one attached hydrogen (secondary N) is 2. The minimum absolute atomic E-state index is 0.0610. The Morgan fingerprint density at radius 2 is 1.66 bits per heavy atom. The summed E-state index contributed by atoms with van der Waals surface area (Å²) >= 11 is 0. The van der Waals surface area contributed by atoms with E-state index >= 15 is 0 Å². The van der Waals surface area contributed by atoms with Crippen molar-refractivity contribution in [3.8, 4) is 0 Å². The number of piperazine rings is 1. The van der Waals surface area contributed by atoms with Crippen molar-refractivity contribution in [2.45, 2.75) is 45.0 Å². The first kappa shape index (κ1) is 29.2. The van der Waals surface area contributed by atoms with Crippen molar-refractivity contribution in [2.24, 2.45) is 0 Å². The normalized spacial score (nSPS) is 18.7. The van der Waals surface area contributed by atoms with Crippen molar-refractivity contribution in [1.29, 1.82) is 0 Å². The third kappa shape index (κ3) is 8.61. The Morgan fingerprint density at radius 1 is 1.00 bits per heavy atom. The van der Waals surface area contributed by atoms with Crippen LogP contribution in [-0.2, 0) is 20.5 Å². The monoisotopic (exact) mass is 541 g/mol. The van der Waals surface area contributed by atoms with Crippen LogP contribution in [0, 0.1) is 0 Å². The minimum atomic E-state index is -4.57. The molecule has 2 aliphatic rings. The van der Waals surface area contributed by atoms with E-state index in [4.69, 9.17) is 4.74 Å². The van der Waals surface area contributed by atoms with Gasteiger partial charge in [-0.2, -0.15) is 13.2 Å². The van der Waals surface area contributed by atoms with Gasteiger partial charge < -0.3 is 25.2 Å². The highest BCUT2D eigenvalue weighted by Gasteiger charge is 2.32. The van der Waals surface area contributed by atoms with Crippen LogP contribution in [0.2, 0.25) is 0 Å². The maximum Gasteiger partial charge on any atom is 0.416 e. The van der Waals surface area contributed by atoms with E-state index in [-0.39, 0.29) is 30.6 Å². The molecule has 2 N–H and O–H groups in total. The van der Waals surface area contributed by atoms with E-state index in [1.807, 2.05) is 4.90 Å². The maximum absolute atomic E-state index is 12.8. The van der Waals surface area contributed by atoms with Crippen LogP contribution in [0.15, 0.2) is 24.3 Å². The molecule has 0 unspecified atom stereocenters. The predicted molar refractivity (Wildman–Crippen MR) is 131 cm³/mol. The fraction of sp³-hybridized carbons (Fsp3) is 0.600. The average Bonchev–Trinajstić information content (AvgIpc) is 3.27. The Hall–Kier alpha value is -3.35. The zero-order valence-corrected chi connectivity index (χ0v) is 21.8. The molecule has 13 heteroatoms. The number of nitrogens with zero attached hydrogens (tertiary/aromatic N) is 3. The molecule has 0 aromatic heterocycles. The summed E-state index contributed by atoms with van der Waals surface area (Å²) in [5.74, 6) is -1.31. The summed E-state index contributed by atoms with van der Waals surface area (Å²) in [6, 6.07) is 3.75. The number of hydrogen-bond donors (Lipinski definition) is 2. The van der Waals surface area contributed by atoms with Crippen LogP contribution < -0.4 is 10.6 Å². The highest BCUT2D eigenvalue weighted by Crippen LogP contribution is 2.29. The zero-order chi connectivity index (χ0) is 28.1. The Morgan fingerprint density at radius 3 is 2.29 bits per heavy atom. The third-order valence-corrected chi connectivity index (χ3v) is 6.14. The summed E-state index contributed by atoms with van der Waals surface area (Å²) in [7, 11) is 0. The fourth-order valence-electron chi connectivity index (χ4n) is 4.23. The first-order valence-corrected chi connectivity index (χ1v) is 12.4. The summed E-state index contributed by atoms with van der Waals surface area (Å²) in [4.78, 5) is 54.6. The molecule has 1 aromatic carbocycles. The molecule has 0 bridgehead atoms. The van der Waals surface area contributed by atoms with Crippen LogP contribution in [0.3, 0.4) is 0 Å². The molecule has 2 saturated heterocycles. The second-order valence-corrected chi connectivity index (χ2v) is 10.4. The predicted octanol–water partition coefficient (Wildman–Crippen LogP) is 1.71. The number of rotatable bonds is 6. The lowest BCUT2D eigenvalue weighted by Crippen LogP contribution is -2.53. The molecule has 0 radical (unpaired) electrons. The van der Waals surface area contributed by atoms with E-state index in [9.17, 15) is 32.3 Å². The van der Waals surface area contributed by atoms with Crippen molar-refractivity contribution in [3.05, 3.63) is 35.4 Å². The second-order valence-electron chi connectivity index (χ2n) is 10.4. The average molecular weight is 542 g/mol. The molecular weight excluding hydrogens is 507 g/mol. The van der Waals surface area contributed by atoms with E-state index in [1.54, 1.807) is 30.6 Å². The van der Waals surface area contributed by atoms with Crippen molar-refractivity contribution in [2.75, 3.05) is 52.4 Å². The van der Waals surface area contributed by atoms with Gasteiger partial charge in [0.05, 0.1) is 18.7 Å². The van der Waals surface area contributed by atoms with Crippen LogP contribution in [0.25, 0.3) is 0 Å². The first-order valence-electron chi connectivity index (χ1n) is 12.4. The summed E-state index contributed by atoms with van der Waals surface area (Å²) < 4.78 is 43.9. The first-order chi connectivity index (χ1) is 17.7. The third-order valence-electron chi connectivity index (χ3n) is 6.14. The highest BCUT2D eigenvalue weighted by molar-refractivity contribution is 5.96. The molecule has 1 atom stereocenters. The molecule has 2 heterocycles. The molecule has 0 saturated carbocycles. The van der Waals surface area contributed by atoms with Gasteiger partial charge in [0.1, 0.15) is 5.60 Å². The van der Waals surface area contributed by atoms with Gasteiger partial charge in [-0.3, -0.25) is 19.3 Å². The molecular formula is C25H34F3N5O5. The van der Waals surface area contributed by atoms with Gasteiger partial charge in [0.15, 0.2) is 0 Å². The van der Waals surface area contributed by atoms with Crippen LogP contribution in [0.5, 0.6) is 0 Å². The molecule has 10 nitrogen and oxygen atoms in total. The van der Waals surface area contributed by atoms with Crippen molar-refractivity contribution in [3.63, 3.8) is 0 Å². The highest BCUT2D eigenvalue weighted by atomic mass is 19.4. The van der Waals surface area contributed by atoms with Crippen LogP contribution in [-0.4, -0.2) is 103 Å². The van der Waals surface area contributed by atoms with Crippen LogP contribution in [0.1, 0.15) is 43.1 Å². The number of carbonyl (C=O) groups excluding carboxylic acids is 4. The number of ether oxygens (including phenoxy) is 1. The second kappa shape index (κ2) is 12.0. The molecule has 210 valence electrons. The lowest BCUT2D eigenvalue weighted by Gasteiger charge is -2.36. The smallest absolute Gasteiger partial charge is 0.416 e. The van der Waals surface area contributed by atoms with Gasteiger partial charge >= 0.3 is 12.3 Å². The van der Waals surface area contributed by atoms with E-state index in [1.165, 1.54) is 6.07 Å². The summed E-state index contributed by atoms with van der Waals surface area (Å²) in [5, 5.41) is 5.11. The van der Waals surface area contributed by atoms with Crippen LogP contribution in [0.4, 0.5) is 18.0 Å². The molecule has 4 amide bonds. The number of carbonyl (C=O) groups is 4. The lowest BCUT2D eigenvalue weighted by atomic mass is 10.1. The quantitative estimate of drug-likeness (QED) is 0.568. The molecule has 0 aliphatic carbocycles. The number of hydrogen-bond acceptors (Lipinski definition) is 6. The number of amides is 4. The van der Waals surface area contributed by atoms with Crippen molar-refractivity contribution in [1.82, 2.24) is 25.3 Å². The van der Waals surface area contributed by atoms with Gasteiger partial charge in [-0.15, -0.1) is 0 Å². The standard InChI is InChI=1S/C25H34F3N5O5/c1-24(2,3)38-23(37)33-11-9-32(10-12-33)21(35)16-31-8-7-19(15-31)30-20(34)14-29-22(36)17-5-4-6-18(13-17)25(26,27)28/h4-6,13,19H,7-12,14-16H2,1-3H3,(H,29,36)(H,30,34)/t19-/m1/s1. The summed E-state index contributed by atoms with van der Waals surface area (Å²) in [5.41, 5.74) is -1.72. The summed E-state index contributed by atoms with van der Waals surface area (Å²) in [6.07, 6.45) is -4.35. The van der Waals surface area contributed by atoms with Gasteiger partial charge in [-0.05, 0) is 45.4 Å². The molecule has 1 aromatic rings. The Kier molecular flexibility index (Phi) is 9.23. The lowest BCUT2D eigenvalue weighted by molar-refractivity contribution is -0.137. The molecule has 3 rings (SSSR count). The molecule has 2 aliphatic heterocycles. The molecule has 38 heavy (non-hydrogen) atoms. The number of alkyl halides is 3. The summed E-state index contributed by atoms with van der Waals surface area (Å²) in [6.45, 7) is 7.87. The largest absolute Gasteiger partial charge is 0.444 e. The maximum atomic E-state index is 12.8. The number of benzene rings is 1. The van der Waals surface area contributed by atoms with Crippen LogP contribution >= 0.6 is 0 Å². The van der Waals surface area contributed by atoms with Gasteiger partial charge in [0.2, 0.25) is 11.8 Å². The minimum Gasteiger partial charge on any atom is -0.444 e. The van der Waals surface area contributed by atoms with E-state index in [0.29, 0.717) is 45.7 Å². The van der Waals surface area contributed by atoms with E-state index in [2.05, 4.69) is 10.6 Å². The molecule has 2 fully saturated rings. The van der Waals surface area contributed by atoms with Gasteiger partial charge in [-0.1, -0.05) is 6.07 Å². The number of halogens is 3. The van der Waals surface area contributed by atoms with Crippen molar-refractivity contribution >= 4 is 23.8 Å². The SMILES string of the molecule is CC(C)(C)OC(=O)N1CCN(C(=O)CN2CC[C@@H](NC(=O)CNC(=O)c3cccc(C(F)(F)F)c3)C2)CC1. The molecule has 0 spiro atoms. The van der Waals surface area contributed by atoms with E-state index < -0.39 is 35.2 Å². The Bertz CT molecular complexity index is 1030. The Balaban J connectivity index is 1.37. The topological polar surface area (TPSA) is 111 Å². The fourth-order valence-corrected chi connectivity index (χ4v) is 4.23.